The molecule has 0 radical (unpaired) electrons. The topological polar surface area (TPSA) is 81.2 Å². The van der Waals surface area contributed by atoms with Gasteiger partial charge in [0.2, 0.25) is 0 Å². The molecule has 0 saturated heterocycles. The van der Waals surface area contributed by atoms with Gasteiger partial charge in [-0.2, -0.15) is 0 Å². The van der Waals surface area contributed by atoms with E-state index in [1.54, 1.807) is 24.5 Å². The zero-order valence-corrected chi connectivity index (χ0v) is 13.4. The summed E-state index contributed by atoms with van der Waals surface area (Å²) in [6.45, 7) is 3.67. The van der Waals surface area contributed by atoms with Gasteiger partial charge in [-0.25, -0.2) is 9.78 Å². The Morgan fingerprint density at radius 3 is 2.55 bits per heavy atom. The van der Waals surface area contributed by atoms with Gasteiger partial charge in [-0.1, -0.05) is 0 Å². The number of pyridine rings is 1. The summed E-state index contributed by atoms with van der Waals surface area (Å²) in [5, 5.41) is 3.51. The maximum Gasteiger partial charge on any atom is 0.328 e. The molecule has 0 aliphatic rings. The van der Waals surface area contributed by atoms with Crippen LogP contribution in [0.3, 0.4) is 0 Å². The number of methoxy groups -OCH3 is 1. The average molecular weight is 319 g/mol. The van der Waals surface area contributed by atoms with E-state index in [1.807, 2.05) is 13.8 Å². The van der Waals surface area contributed by atoms with Gasteiger partial charge in [0, 0.05) is 23.7 Å². The van der Waals surface area contributed by atoms with E-state index in [-0.39, 0.29) is 5.91 Å². The fraction of sp³-hybridized carbons (Fsp3) is 0.333. The molecule has 116 valence electrons. The van der Waals surface area contributed by atoms with E-state index < -0.39 is 12.0 Å². The number of hydrogen-bond donors (Lipinski definition) is 1. The molecule has 2 aromatic rings. The highest BCUT2D eigenvalue weighted by Crippen LogP contribution is 2.16. The molecule has 2 rings (SSSR count). The van der Waals surface area contributed by atoms with Crippen LogP contribution in [0.5, 0.6) is 0 Å². The number of rotatable bonds is 5. The molecule has 7 heteroatoms. The largest absolute Gasteiger partial charge is 0.467 e. The Kier molecular flexibility index (Phi) is 5.21. The highest BCUT2D eigenvalue weighted by molar-refractivity contribution is 7.11. The minimum Gasteiger partial charge on any atom is -0.467 e. The molecular weight excluding hydrogens is 302 g/mol. The van der Waals surface area contributed by atoms with Crippen molar-refractivity contribution in [2.24, 2.45) is 0 Å². The first-order valence-electron chi connectivity index (χ1n) is 6.73. The Balaban J connectivity index is 2.14. The maximum atomic E-state index is 12.3. The van der Waals surface area contributed by atoms with Crippen molar-refractivity contribution < 1.29 is 14.3 Å². The van der Waals surface area contributed by atoms with Crippen molar-refractivity contribution in [2.45, 2.75) is 26.3 Å². The molecule has 0 aromatic carbocycles. The number of esters is 1. The number of hydrogen-bond acceptors (Lipinski definition) is 6. The lowest BCUT2D eigenvalue weighted by atomic mass is 10.1. The van der Waals surface area contributed by atoms with Gasteiger partial charge >= 0.3 is 5.97 Å². The third kappa shape index (κ3) is 3.88. The van der Waals surface area contributed by atoms with Crippen LogP contribution in [0.25, 0.3) is 0 Å². The summed E-state index contributed by atoms with van der Waals surface area (Å²) in [5.74, 6) is -0.860. The van der Waals surface area contributed by atoms with Crippen molar-refractivity contribution in [1.29, 1.82) is 0 Å². The average Bonchev–Trinajstić information content (AvgIpc) is 2.85. The lowest BCUT2D eigenvalue weighted by Gasteiger charge is -2.16. The lowest BCUT2D eigenvalue weighted by Crippen LogP contribution is -2.43. The molecule has 1 amide bonds. The number of carbonyl (C=O) groups excluding carboxylic acids is 2. The van der Waals surface area contributed by atoms with Gasteiger partial charge in [0.05, 0.1) is 12.1 Å². The normalized spacial score (nSPS) is 11.8. The van der Waals surface area contributed by atoms with Gasteiger partial charge in [-0.3, -0.25) is 9.78 Å². The lowest BCUT2D eigenvalue weighted by molar-refractivity contribution is -0.142. The predicted octanol–water partition coefficient (Wildman–Crippen LogP) is 1.67. The zero-order chi connectivity index (χ0) is 16.1. The van der Waals surface area contributed by atoms with Gasteiger partial charge < -0.3 is 10.1 Å². The highest BCUT2D eigenvalue weighted by Gasteiger charge is 2.24. The highest BCUT2D eigenvalue weighted by atomic mass is 32.1. The van der Waals surface area contributed by atoms with Crippen LogP contribution >= 0.6 is 11.3 Å². The summed E-state index contributed by atoms with van der Waals surface area (Å²) in [5.41, 5.74) is 1.24. The molecule has 0 aliphatic heterocycles. The Morgan fingerprint density at radius 1 is 1.32 bits per heavy atom. The fourth-order valence-corrected chi connectivity index (χ4v) is 2.87. The quantitative estimate of drug-likeness (QED) is 0.848. The summed E-state index contributed by atoms with van der Waals surface area (Å²) in [6.07, 6.45) is 3.61. The predicted molar refractivity (Wildman–Crippen MR) is 82.8 cm³/mol. The van der Waals surface area contributed by atoms with Crippen molar-refractivity contribution in [3.05, 3.63) is 45.7 Å². The number of thiazole rings is 1. The molecular formula is C15H17N3O3S. The van der Waals surface area contributed by atoms with Gasteiger partial charge in [0.1, 0.15) is 11.7 Å². The second kappa shape index (κ2) is 7.13. The van der Waals surface area contributed by atoms with Crippen LogP contribution in [0, 0.1) is 13.8 Å². The molecule has 0 saturated carbocycles. The van der Waals surface area contributed by atoms with Crippen LogP contribution in [-0.4, -0.2) is 35.0 Å². The number of ether oxygens (including phenoxy) is 1. The maximum absolute atomic E-state index is 12.3. The Hall–Kier alpha value is -2.28. The molecule has 1 unspecified atom stereocenters. The standard InChI is InChI=1S/C15H17N3O3S/c1-9-13(17-10(2)22-9)14(19)18-12(15(20)21-3)8-11-4-6-16-7-5-11/h4-7,12H,8H2,1-3H3,(H,18,19). The number of carbonyl (C=O) groups is 2. The Labute approximate surface area is 132 Å². The molecule has 22 heavy (non-hydrogen) atoms. The number of nitrogens with one attached hydrogen (secondary N) is 1. The SMILES string of the molecule is COC(=O)C(Cc1ccncc1)NC(=O)c1nc(C)sc1C. The van der Waals surface area contributed by atoms with Crippen LogP contribution in [0.2, 0.25) is 0 Å². The van der Waals surface area contributed by atoms with E-state index >= 15 is 0 Å². The van der Waals surface area contributed by atoms with Crippen molar-refractivity contribution >= 4 is 23.2 Å². The number of aromatic nitrogens is 2. The first-order valence-corrected chi connectivity index (χ1v) is 7.54. The smallest absolute Gasteiger partial charge is 0.328 e. The number of amides is 1. The molecule has 0 fully saturated rings. The van der Waals surface area contributed by atoms with Gasteiger partial charge in [0.25, 0.3) is 5.91 Å². The summed E-state index contributed by atoms with van der Waals surface area (Å²) < 4.78 is 4.77. The first kappa shape index (κ1) is 16.1. The molecule has 2 aromatic heterocycles. The number of nitrogens with zero attached hydrogens (tertiary/aromatic N) is 2. The molecule has 6 nitrogen and oxygen atoms in total. The molecule has 0 spiro atoms. The van der Waals surface area contributed by atoms with Gasteiger partial charge in [-0.05, 0) is 31.5 Å². The van der Waals surface area contributed by atoms with Crippen LogP contribution < -0.4 is 5.32 Å². The van der Waals surface area contributed by atoms with Gasteiger partial charge in [0.15, 0.2) is 0 Å². The third-order valence-corrected chi connectivity index (χ3v) is 3.99. The minimum absolute atomic E-state index is 0.336. The van der Waals surface area contributed by atoms with E-state index in [0.717, 1.165) is 15.4 Å². The van der Waals surface area contributed by atoms with E-state index in [4.69, 9.17) is 4.74 Å². The van der Waals surface area contributed by atoms with Crippen LogP contribution in [0.15, 0.2) is 24.5 Å². The fourth-order valence-electron chi connectivity index (χ4n) is 2.06. The number of aryl methyl sites for hydroxylation is 2. The van der Waals surface area contributed by atoms with Crippen molar-refractivity contribution in [1.82, 2.24) is 15.3 Å². The van der Waals surface area contributed by atoms with E-state index in [0.29, 0.717) is 12.1 Å². The van der Waals surface area contributed by atoms with Crippen LogP contribution in [0.4, 0.5) is 0 Å². The second-order valence-corrected chi connectivity index (χ2v) is 6.15. The van der Waals surface area contributed by atoms with E-state index in [1.165, 1.54) is 18.4 Å². The Morgan fingerprint density at radius 2 is 2.00 bits per heavy atom. The molecule has 2 heterocycles. The monoisotopic (exact) mass is 319 g/mol. The van der Waals surface area contributed by atoms with Crippen LogP contribution in [-0.2, 0) is 16.0 Å². The third-order valence-electron chi connectivity index (χ3n) is 3.10. The van der Waals surface area contributed by atoms with E-state index in [9.17, 15) is 9.59 Å². The van der Waals surface area contributed by atoms with Crippen molar-refractivity contribution in [3.8, 4) is 0 Å². The summed E-state index contributed by atoms with van der Waals surface area (Å²) in [4.78, 5) is 33.2. The minimum atomic E-state index is -0.763. The molecule has 1 N–H and O–H groups in total. The first-order chi connectivity index (χ1) is 10.5. The molecule has 1 atom stereocenters. The Bertz CT molecular complexity index is 670. The summed E-state index contributed by atoms with van der Waals surface area (Å²) in [7, 11) is 1.30. The molecule has 0 bridgehead atoms. The molecule has 0 aliphatic carbocycles. The second-order valence-electron chi connectivity index (χ2n) is 4.75. The summed E-state index contributed by atoms with van der Waals surface area (Å²) in [6, 6.07) is 2.82. The summed E-state index contributed by atoms with van der Waals surface area (Å²) >= 11 is 1.45. The van der Waals surface area contributed by atoms with Crippen molar-refractivity contribution in [2.75, 3.05) is 7.11 Å². The zero-order valence-electron chi connectivity index (χ0n) is 12.6. The van der Waals surface area contributed by atoms with Crippen molar-refractivity contribution in [3.63, 3.8) is 0 Å². The van der Waals surface area contributed by atoms with E-state index in [2.05, 4.69) is 15.3 Å². The van der Waals surface area contributed by atoms with Gasteiger partial charge in [-0.15, -0.1) is 11.3 Å². The van der Waals surface area contributed by atoms with Crippen LogP contribution in [0.1, 0.15) is 25.9 Å².